The number of carbonyl (C=O) groups excluding carboxylic acids is 3. The summed E-state index contributed by atoms with van der Waals surface area (Å²) in [7, 11) is 0. The van der Waals surface area contributed by atoms with Gasteiger partial charge >= 0.3 is 18.2 Å². The second-order valence-corrected chi connectivity index (χ2v) is 11.0. The predicted octanol–water partition coefficient (Wildman–Crippen LogP) is 5.49. The van der Waals surface area contributed by atoms with Gasteiger partial charge in [-0.25, -0.2) is 14.4 Å². The molecule has 0 aliphatic heterocycles. The smallest absolute Gasteiger partial charge is 0.408 e. The first-order chi connectivity index (χ1) is 16.1. The highest BCUT2D eigenvalue weighted by Gasteiger charge is 2.45. The van der Waals surface area contributed by atoms with Crippen molar-refractivity contribution in [1.82, 2.24) is 10.6 Å². The maximum atomic E-state index is 13.1. The number of ether oxygens (including phenoxy) is 4. The fourth-order valence-electron chi connectivity index (χ4n) is 3.22. The summed E-state index contributed by atoms with van der Waals surface area (Å²) in [6.07, 6.45) is 3.88. The van der Waals surface area contributed by atoms with E-state index in [1.807, 2.05) is 6.92 Å². The van der Waals surface area contributed by atoms with Crippen molar-refractivity contribution in [2.45, 2.75) is 130 Å². The molecule has 0 aliphatic carbocycles. The zero-order valence-electron chi connectivity index (χ0n) is 23.5. The van der Waals surface area contributed by atoms with Crippen LogP contribution in [0, 0.1) is 0 Å². The van der Waals surface area contributed by atoms with E-state index in [-0.39, 0.29) is 13.2 Å². The molecule has 0 fully saturated rings. The van der Waals surface area contributed by atoms with Crippen LogP contribution in [0.4, 0.5) is 9.59 Å². The summed E-state index contributed by atoms with van der Waals surface area (Å²) in [5, 5.41) is 5.43. The summed E-state index contributed by atoms with van der Waals surface area (Å²) in [6, 6.07) is 0. The third kappa shape index (κ3) is 15.6. The van der Waals surface area contributed by atoms with Crippen LogP contribution in [0.5, 0.6) is 0 Å². The molecule has 0 radical (unpaired) electrons. The van der Waals surface area contributed by atoms with Crippen molar-refractivity contribution in [3.8, 4) is 0 Å². The first-order valence-electron chi connectivity index (χ1n) is 12.9. The van der Waals surface area contributed by atoms with E-state index in [0.717, 1.165) is 25.7 Å². The number of unbranched alkanes of at least 4 members (excludes halogenated alkanes) is 3. The third-order valence-electron chi connectivity index (χ3n) is 4.89. The van der Waals surface area contributed by atoms with Gasteiger partial charge in [0, 0.05) is 13.2 Å². The average Bonchev–Trinajstić information content (AvgIpc) is 2.70. The van der Waals surface area contributed by atoms with E-state index in [9.17, 15) is 14.4 Å². The minimum atomic E-state index is -1.43. The van der Waals surface area contributed by atoms with Crippen LogP contribution in [-0.2, 0) is 23.7 Å². The first-order valence-corrected chi connectivity index (χ1v) is 12.9. The van der Waals surface area contributed by atoms with E-state index in [0.29, 0.717) is 25.8 Å². The molecule has 9 heteroatoms. The van der Waals surface area contributed by atoms with Crippen LogP contribution in [0.15, 0.2) is 0 Å². The zero-order chi connectivity index (χ0) is 27.1. The summed E-state index contributed by atoms with van der Waals surface area (Å²) in [4.78, 5) is 37.6. The van der Waals surface area contributed by atoms with Gasteiger partial charge in [0.05, 0.1) is 12.7 Å². The number of nitrogens with one attached hydrogen (secondary N) is 2. The van der Waals surface area contributed by atoms with E-state index in [1.165, 1.54) is 0 Å². The van der Waals surface area contributed by atoms with Crippen LogP contribution in [0.1, 0.15) is 107 Å². The minimum Gasteiger partial charge on any atom is -0.464 e. The molecule has 0 aromatic rings. The van der Waals surface area contributed by atoms with Gasteiger partial charge in [-0.3, -0.25) is 0 Å². The SMILES string of the molecule is CCCCCC[C@@H](OCCCNC(=O)OC(C)(C)C)[C@](C)(NC(=O)OC(C)(C)C)C(=O)OCCC. The molecular weight excluding hydrogens is 452 g/mol. The van der Waals surface area contributed by atoms with E-state index >= 15 is 0 Å². The van der Waals surface area contributed by atoms with Crippen LogP contribution < -0.4 is 10.6 Å². The Morgan fingerprint density at radius 3 is 1.89 bits per heavy atom. The Hall–Kier alpha value is -2.03. The molecule has 35 heavy (non-hydrogen) atoms. The minimum absolute atomic E-state index is 0.243. The number of esters is 1. The maximum Gasteiger partial charge on any atom is 0.408 e. The fraction of sp³-hybridized carbons (Fsp3) is 0.885. The van der Waals surface area contributed by atoms with Crippen LogP contribution in [-0.4, -0.2) is 60.8 Å². The molecule has 0 bridgehead atoms. The number of hydrogen-bond donors (Lipinski definition) is 2. The van der Waals surface area contributed by atoms with Gasteiger partial charge in [0.2, 0.25) is 0 Å². The highest BCUT2D eigenvalue weighted by molar-refractivity contribution is 5.86. The largest absolute Gasteiger partial charge is 0.464 e. The Labute approximate surface area is 212 Å². The van der Waals surface area contributed by atoms with Crippen molar-refractivity contribution in [2.24, 2.45) is 0 Å². The highest BCUT2D eigenvalue weighted by Crippen LogP contribution is 2.24. The van der Waals surface area contributed by atoms with Crippen LogP contribution in [0.2, 0.25) is 0 Å². The number of carbonyl (C=O) groups is 3. The van der Waals surface area contributed by atoms with E-state index in [1.54, 1.807) is 48.5 Å². The summed E-state index contributed by atoms with van der Waals surface area (Å²) in [5.74, 6) is -0.558. The molecule has 9 nitrogen and oxygen atoms in total. The Bertz CT molecular complexity index is 641. The van der Waals surface area contributed by atoms with Crippen LogP contribution in [0.3, 0.4) is 0 Å². The van der Waals surface area contributed by atoms with Crippen molar-refractivity contribution < 1.29 is 33.3 Å². The molecule has 0 aromatic heterocycles. The first kappa shape index (κ1) is 33.0. The number of hydrogen-bond acceptors (Lipinski definition) is 7. The molecule has 206 valence electrons. The molecule has 0 saturated heterocycles. The van der Waals surface area contributed by atoms with Crippen molar-refractivity contribution in [1.29, 1.82) is 0 Å². The van der Waals surface area contributed by atoms with Crippen LogP contribution in [0.25, 0.3) is 0 Å². The van der Waals surface area contributed by atoms with Gasteiger partial charge in [-0.2, -0.15) is 0 Å². The number of amides is 2. The topological polar surface area (TPSA) is 112 Å². The Morgan fingerprint density at radius 2 is 1.34 bits per heavy atom. The summed E-state index contributed by atoms with van der Waals surface area (Å²) >= 11 is 0. The Kier molecular flexibility index (Phi) is 14.9. The van der Waals surface area contributed by atoms with E-state index in [4.69, 9.17) is 18.9 Å². The molecule has 0 spiro atoms. The lowest BCUT2D eigenvalue weighted by molar-refractivity contribution is -0.159. The van der Waals surface area contributed by atoms with Crippen molar-refractivity contribution in [2.75, 3.05) is 19.8 Å². The second-order valence-electron chi connectivity index (χ2n) is 11.0. The van der Waals surface area contributed by atoms with Gasteiger partial charge < -0.3 is 29.6 Å². The van der Waals surface area contributed by atoms with Gasteiger partial charge in [-0.15, -0.1) is 0 Å². The van der Waals surface area contributed by atoms with Crippen LogP contribution >= 0.6 is 0 Å². The van der Waals surface area contributed by atoms with Gasteiger partial charge in [-0.1, -0.05) is 39.5 Å². The Morgan fingerprint density at radius 1 is 0.743 bits per heavy atom. The molecule has 0 unspecified atom stereocenters. The van der Waals surface area contributed by atoms with Gasteiger partial charge in [0.15, 0.2) is 5.54 Å². The molecular formula is C26H50N2O7. The molecule has 2 amide bonds. The lowest BCUT2D eigenvalue weighted by atomic mass is 9.90. The number of rotatable bonds is 15. The number of alkyl carbamates (subject to hydrolysis) is 2. The monoisotopic (exact) mass is 502 g/mol. The van der Waals surface area contributed by atoms with Gasteiger partial charge in [-0.05, 0) is 67.7 Å². The predicted molar refractivity (Wildman–Crippen MR) is 136 cm³/mol. The second kappa shape index (κ2) is 15.9. The molecule has 0 saturated carbocycles. The van der Waals surface area contributed by atoms with Gasteiger partial charge in [0.25, 0.3) is 0 Å². The quantitative estimate of drug-likeness (QED) is 0.173. The van der Waals surface area contributed by atoms with E-state index in [2.05, 4.69) is 17.6 Å². The standard InChI is InChI=1S/C26H50N2O7/c1-10-12-13-14-16-20(32-19-15-17-27-22(30)34-24(3,4)5)26(9,21(29)33-18-11-2)28-23(31)35-25(6,7)8/h20H,10-19H2,1-9H3,(H,27,30)(H,28,31)/t20-,26+/m1/s1. The normalized spacial score (nSPS) is 14.4. The zero-order valence-corrected chi connectivity index (χ0v) is 23.5. The summed E-state index contributed by atoms with van der Waals surface area (Å²) in [5.41, 5.74) is -2.72. The molecule has 0 heterocycles. The maximum absolute atomic E-state index is 13.1. The van der Waals surface area contributed by atoms with Crippen molar-refractivity contribution in [3.05, 3.63) is 0 Å². The fourth-order valence-corrected chi connectivity index (χ4v) is 3.22. The highest BCUT2D eigenvalue weighted by atomic mass is 16.6. The molecule has 0 aliphatic rings. The molecule has 2 N–H and O–H groups in total. The van der Waals surface area contributed by atoms with Gasteiger partial charge in [0.1, 0.15) is 11.2 Å². The lowest BCUT2D eigenvalue weighted by Gasteiger charge is -2.36. The summed E-state index contributed by atoms with van der Waals surface area (Å²) < 4.78 is 22.2. The van der Waals surface area contributed by atoms with E-state index < -0.39 is 41.0 Å². The Balaban J connectivity index is 5.37. The lowest BCUT2D eigenvalue weighted by Crippen LogP contribution is -2.62. The molecule has 0 rings (SSSR count). The average molecular weight is 503 g/mol. The van der Waals surface area contributed by atoms with Crippen molar-refractivity contribution in [3.63, 3.8) is 0 Å². The summed E-state index contributed by atoms with van der Waals surface area (Å²) in [6.45, 7) is 17.2. The molecule has 2 atom stereocenters. The third-order valence-corrected chi connectivity index (χ3v) is 4.89. The van der Waals surface area contributed by atoms with Crippen molar-refractivity contribution >= 4 is 18.2 Å². The molecule has 0 aromatic carbocycles.